The Kier molecular flexibility index (Phi) is 9.20. The Hall–Kier alpha value is -3.03. The number of carbonyl (C=O) groups excluding carboxylic acids is 1. The first-order valence-corrected chi connectivity index (χ1v) is 14.3. The second kappa shape index (κ2) is 13.2. The van der Waals surface area contributed by atoms with Crippen molar-refractivity contribution in [1.29, 1.82) is 0 Å². The van der Waals surface area contributed by atoms with Crippen molar-refractivity contribution in [2.45, 2.75) is 44.9 Å². The van der Waals surface area contributed by atoms with Crippen molar-refractivity contribution in [3.8, 4) is 17.0 Å². The third-order valence-electron chi connectivity index (χ3n) is 7.93. The van der Waals surface area contributed by atoms with Crippen LogP contribution in [-0.4, -0.2) is 78.5 Å². The van der Waals surface area contributed by atoms with Gasteiger partial charge in [0.1, 0.15) is 12.4 Å². The van der Waals surface area contributed by atoms with E-state index in [0.29, 0.717) is 18.1 Å². The van der Waals surface area contributed by atoms with Crippen LogP contribution in [0.5, 0.6) is 5.75 Å². The lowest BCUT2D eigenvalue weighted by Gasteiger charge is -2.28. The number of rotatable bonds is 11. The summed E-state index contributed by atoms with van der Waals surface area (Å²) in [7, 11) is 2.14. The highest BCUT2D eigenvalue weighted by atomic mass is 16.5. The lowest BCUT2D eigenvalue weighted by atomic mass is 9.92. The molecule has 202 valence electrons. The van der Waals surface area contributed by atoms with Crippen LogP contribution in [0.4, 0.5) is 5.69 Å². The summed E-state index contributed by atoms with van der Waals surface area (Å²) in [6, 6.07) is 12.0. The van der Waals surface area contributed by atoms with Gasteiger partial charge in [-0.1, -0.05) is 6.42 Å². The maximum absolute atomic E-state index is 12.5. The maximum Gasteiger partial charge on any atom is 0.170 e. The third kappa shape index (κ3) is 7.29. The number of pyridine rings is 2. The summed E-state index contributed by atoms with van der Waals surface area (Å²) in [5.74, 6) is 1.39. The molecule has 2 aliphatic rings. The van der Waals surface area contributed by atoms with Gasteiger partial charge < -0.3 is 19.9 Å². The van der Waals surface area contributed by atoms with E-state index in [1.807, 2.05) is 36.5 Å². The van der Waals surface area contributed by atoms with Gasteiger partial charge in [0.15, 0.2) is 5.78 Å². The fourth-order valence-corrected chi connectivity index (χ4v) is 5.60. The van der Waals surface area contributed by atoms with Gasteiger partial charge in [-0.05, 0) is 114 Å². The number of anilines is 1. The topological polar surface area (TPSA) is 70.6 Å². The van der Waals surface area contributed by atoms with Crippen molar-refractivity contribution in [2.24, 2.45) is 5.92 Å². The number of ether oxygens (including phenoxy) is 1. The van der Waals surface area contributed by atoms with E-state index in [4.69, 9.17) is 9.72 Å². The minimum Gasteiger partial charge on any atom is -0.486 e. The van der Waals surface area contributed by atoms with Crippen LogP contribution in [0.1, 0.15) is 44.9 Å². The molecule has 0 amide bonds. The molecule has 2 saturated heterocycles. The van der Waals surface area contributed by atoms with Crippen LogP contribution < -0.4 is 10.1 Å². The quantitative estimate of drug-likeness (QED) is 0.349. The monoisotopic (exact) mass is 515 g/mol. The number of benzene rings is 1. The molecule has 2 fully saturated rings. The summed E-state index contributed by atoms with van der Waals surface area (Å²) in [5, 5.41) is 4.69. The molecule has 0 bridgehead atoms. The minimum absolute atomic E-state index is 0.137. The Labute approximate surface area is 226 Å². The molecule has 2 aromatic heterocycles. The zero-order chi connectivity index (χ0) is 26.2. The number of nitrogens with one attached hydrogen (secondary N) is 1. The smallest absolute Gasteiger partial charge is 0.170 e. The number of nitrogens with zero attached hydrogens (tertiary/aromatic N) is 4. The van der Waals surface area contributed by atoms with Gasteiger partial charge >= 0.3 is 0 Å². The molecular weight excluding hydrogens is 474 g/mol. The number of fused-ring (bicyclic) bond motifs is 1. The van der Waals surface area contributed by atoms with Crippen molar-refractivity contribution in [3.63, 3.8) is 0 Å². The van der Waals surface area contributed by atoms with E-state index in [1.54, 1.807) is 6.20 Å². The summed E-state index contributed by atoms with van der Waals surface area (Å²) in [4.78, 5) is 26.6. The Balaban J connectivity index is 1.18. The van der Waals surface area contributed by atoms with Crippen LogP contribution >= 0.6 is 0 Å². The van der Waals surface area contributed by atoms with E-state index in [9.17, 15) is 4.79 Å². The molecular formula is C31H41N5O2. The second-order valence-corrected chi connectivity index (χ2v) is 10.9. The largest absolute Gasteiger partial charge is 0.486 e. The van der Waals surface area contributed by atoms with E-state index in [0.717, 1.165) is 73.3 Å². The van der Waals surface area contributed by atoms with Crippen molar-refractivity contribution >= 4 is 22.4 Å². The average molecular weight is 516 g/mol. The Morgan fingerprint density at radius 2 is 1.84 bits per heavy atom. The highest BCUT2D eigenvalue weighted by molar-refractivity contribution is 5.93. The van der Waals surface area contributed by atoms with Crippen molar-refractivity contribution in [3.05, 3.63) is 48.8 Å². The molecule has 7 nitrogen and oxygen atoms in total. The molecule has 7 heteroatoms. The molecule has 1 N–H and O–H groups in total. The number of carbonyl (C=O) groups is 1. The standard InChI is InChI=1S/C31H41N5O2/c1-35-18-11-24(12-19-35)20-26(37)23-38-27-8-6-25(7-9-27)30-21-31(28-22-32-14-10-29(28)34-30)33-13-5-17-36-15-3-2-4-16-36/h6-10,14,21-22,24H,2-5,11-13,15-20,23H2,1H3,(H,33,34). The number of likely N-dealkylation sites (tertiary alicyclic amines) is 2. The predicted octanol–water partition coefficient (Wildman–Crippen LogP) is 5.26. The van der Waals surface area contributed by atoms with E-state index in [1.165, 1.54) is 32.4 Å². The molecule has 38 heavy (non-hydrogen) atoms. The first-order chi connectivity index (χ1) is 18.6. The number of piperidine rings is 2. The average Bonchev–Trinajstić information content (AvgIpc) is 2.96. The number of Topliss-reactive ketones (excluding diaryl/α,β-unsaturated/α-hetero) is 1. The van der Waals surface area contributed by atoms with Crippen molar-refractivity contribution in [2.75, 3.05) is 58.2 Å². The van der Waals surface area contributed by atoms with Gasteiger partial charge in [-0.2, -0.15) is 0 Å². The van der Waals surface area contributed by atoms with Gasteiger partial charge in [-0.15, -0.1) is 0 Å². The van der Waals surface area contributed by atoms with E-state index < -0.39 is 0 Å². The lowest BCUT2D eigenvalue weighted by Crippen LogP contribution is -2.31. The lowest BCUT2D eigenvalue weighted by molar-refractivity contribution is -0.122. The number of hydrogen-bond acceptors (Lipinski definition) is 7. The second-order valence-electron chi connectivity index (χ2n) is 10.9. The molecule has 4 heterocycles. The molecule has 0 unspecified atom stereocenters. The fourth-order valence-electron chi connectivity index (χ4n) is 5.60. The molecule has 1 aromatic carbocycles. The Morgan fingerprint density at radius 1 is 1.05 bits per heavy atom. The van der Waals surface area contributed by atoms with Crippen LogP contribution in [0.15, 0.2) is 48.8 Å². The summed E-state index contributed by atoms with van der Waals surface area (Å²) in [6.45, 7) is 6.82. The third-order valence-corrected chi connectivity index (χ3v) is 7.93. The fraction of sp³-hybridized carbons (Fsp3) is 0.516. The molecule has 3 aromatic rings. The van der Waals surface area contributed by atoms with Gasteiger partial charge in [0.25, 0.3) is 0 Å². The summed E-state index contributed by atoms with van der Waals surface area (Å²) in [6.07, 6.45) is 11.6. The SMILES string of the molecule is CN1CCC(CC(=O)COc2ccc(-c3cc(NCCCN4CCCCC4)c4cnccc4n3)cc2)CC1. The highest BCUT2D eigenvalue weighted by Crippen LogP contribution is 2.29. The van der Waals surface area contributed by atoms with Gasteiger partial charge in [0.2, 0.25) is 0 Å². The van der Waals surface area contributed by atoms with Crippen LogP contribution in [0.3, 0.4) is 0 Å². The Morgan fingerprint density at radius 3 is 2.63 bits per heavy atom. The number of aromatic nitrogens is 2. The van der Waals surface area contributed by atoms with Gasteiger partial charge in [-0.3, -0.25) is 9.78 Å². The van der Waals surface area contributed by atoms with Crippen LogP contribution in [0.25, 0.3) is 22.2 Å². The summed E-state index contributed by atoms with van der Waals surface area (Å²) in [5.41, 5.74) is 3.92. The first-order valence-electron chi connectivity index (χ1n) is 14.3. The molecule has 0 spiro atoms. The number of ketones is 1. The van der Waals surface area contributed by atoms with Gasteiger partial charge in [-0.25, -0.2) is 4.98 Å². The zero-order valence-corrected chi connectivity index (χ0v) is 22.7. The molecule has 0 aliphatic carbocycles. The van der Waals surface area contributed by atoms with Crippen molar-refractivity contribution in [1.82, 2.24) is 19.8 Å². The van der Waals surface area contributed by atoms with E-state index in [2.05, 4.69) is 33.2 Å². The van der Waals surface area contributed by atoms with Gasteiger partial charge in [0.05, 0.1) is 11.2 Å². The summed E-state index contributed by atoms with van der Waals surface area (Å²) >= 11 is 0. The van der Waals surface area contributed by atoms with E-state index in [-0.39, 0.29) is 12.4 Å². The van der Waals surface area contributed by atoms with Crippen LogP contribution in [-0.2, 0) is 4.79 Å². The highest BCUT2D eigenvalue weighted by Gasteiger charge is 2.19. The Bertz CT molecular complexity index is 1180. The molecule has 0 saturated carbocycles. The molecule has 2 aliphatic heterocycles. The maximum atomic E-state index is 12.5. The predicted molar refractivity (Wildman–Crippen MR) is 154 cm³/mol. The molecule has 0 atom stereocenters. The zero-order valence-electron chi connectivity index (χ0n) is 22.7. The normalized spacial score (nSPS) is 17.5. The first kappa shape index (κ1) is 26.6. The molecule has 0 radical (unpaired) electrons. The van der Waals surface area contributed by atoms with Crippen LogP contribution in [0, 0.1) is 5.92 Å². The van der Waals surface area contributed by atoms with E-state index >= 15 is 0 Å². The summed E-state index contributed by atoms with van der Waals surface area (Å²) < 4.78 is 5.83. The van der Waals surface area contributed by atoms with Crippen molar-refractivity contribution < 1.29 is 9.53 Å². The molecule has 5 rings (SSSR count). The van der Waals surface area contributed by atoms with Gasteiger partial charge in [0, 0.05) is 42.0 Å². The number of hydrogen-bond donors (Lipinski definition) is 1. The van der Waals surface area contributed by atoms with Crippen LogP contribution in [0.2, 0.25) is 0 Å². The minimum atomic E-state index is 0.137.